The van der Waals surface area contributed by atoms with Gasteiger partial charge in [0, 0.05) is 37.9 Å². The van der Waals surface area contributed by atoms with Crippen molar-refractivity contribution < 1.29 is 14.3 Å². The van der Waals surface area contributed by atoms with Crippen LogP contribution in [0.1, 0.15) is 27.0 Å². The van der Waals surface area contributed by atoms with Gasteiger partial charge in [0.25, 0.3) is 11.8 Å². The number of hydrazone groups is 1. The minimum absolute atomic E-state index is 0.183. The van der Waals surface area contributed by atoms with Crippen molar-refractivity contribution in [3.63, 3.8) is 0 Å². The van der Waals surface area contributed by atoms with Crippen LogP contribution >= 0.6 is 27.3 Å². The van der Waals surface area contributed by atoms with Crippen LogP contribution < -0.4 is 20.8 Å². The molecule has 0 saturated carbocycles. The SMILES string of the molecule is Cc1ccc(Nc2nc(-c3ccc(C(=O)N/N=C/c4cc(Br)ccc4OCC(=O)Nc4cccc(C)c4)cc3)cs2)cc1. The maximum atomic E-state index is 12.7. The highest BCUT2D eigenvalue weighted by molar-refractivity contribution is 9.10. The Morgan fingerprint density at radius 2 is 1.72 bits per heavy atom. The van der Waals surface area contributed by atoms with Gasteiger partial charge in [-0.2, -0.15) is 5.10 Å². The van der Waals surface area contributed by atoms with E-state index in [0.29, 0.717) is 22.6 Å². The van der Waals surface area contributed by atoms with Gasteiger partial charge in [0.15, 0.2) is 11.7 Å². The normalized spacial score (nSPS) is 10.9. The topological polar surface area (TPSA) is 105 Å². The molecule has 0 aliphatic heterocycles. The van der Waals surface area contributed by atoms with Crippen molar-refractivity contribution in [1.29, 1.82) is 0 Å². The number of anilines is 3. The van der Waals surface area contributed by atoms with Gasteiger partial charge >= 0.3 is 0 Å². The van der Waals surface area contributed by atoms with Gasteiger partial charge in [-0.25, -0.2) is 10.4 Å². The van der Waals surface area contributed by atoms with Crippen LogP contribution in [0.25, 0.3) is 11.3 Å². The summed E-state index contributed by atoms with van der Waals surface area (Å²) in [5.41, 5.74) is 9.23. The molecule has 0 radical (unpaired) electrons. The van der Waals surface area contributed by atoms with Crippen molar-refractivity contribution in [3.8, 4) is 17.0 Å². The fraction of sp³-hybridized carbons (Fsp3) is 0.0909. The molecule has 1 aromatic heterocycles. The van der Waals surface area contributed by atoms with Crippen molar-refractivity contribution in [3.05, 3.63) is 123 Å². The van der Waals surface area contributed by atoms with Gasteiger partial charge in [0.1, 0.15) is 5.75 Å². The van der Waals surface area contributed by atoms with Crippen molar-refractivity contribution in [2.24, 2.45) is 5.10 Å². The quantitative estimate of drug-likeness (QED) is 0.106. The van der Waals surface area contributed by atoms with Crippen LogP contribution in [-0.4, -0.2) is 29.6 Å². The maximum Gasteiger partial charge on any atom is 0.271 e. The maximum absolute atomic E-state index is 12.7. The molecular formula is C33H28BrN5O3S. The van der Waals surface area contributed by atoms with E-state index in [0.717, 1.165) is 32.1 Å². The number of thiazole rings is 1. The second kappa shape index (κ2) is 13.9. The van der Waals surface area contributed by atoms with Gasteiger partial charge < -0.3 is 15.4 Å². The molecule has 5 rings (SSSR count). The lowest BCUT2D eigenvalue weighted by Crippen LogP contribution is -2.20. The Morgan fingerprint density at radius 3 is 2.49 bits per heavy atom. The summed E-state index contributed by atoms with van der Waals surface area (Å²) in [6.45, 7) is 3.82. The second-order valence-electron chi connectivity index (χ2n) is 9.69. The summed E-state index contributed by atoms with van der Waals surface area (Å²) in [5, 5.41) is 13.0. The molecule has 3 N–H and O–H groups in total. The largest absolute Gasteiger partial charge is 0.483 e. The predicted molar refractivity (Wildman–Crippen MR) is 177 cm³/mol. The lowest BCUT2D eigenvalue weighted by atomic mass is 10.1. The van der Waals surface area contributed by atoms with Crippen LogP contribution in [0.2, 0.25) is 0 Å². The molecule has 0 saturated heterocycles. The van der Waals surface area contributed by atoms with Gasteiger partial charge in [-0.15, -0.1) is 11.3 Å². The Labute approximate surface area is 262 Å². The average Bonchev–Trinajstić information content (AvgIpc) is 3.46. The van der Waals surface area contributed by atoms with E-state index < -0.39 is 0 Å². The third kappa shape index (κ3) is 8.37. The van der Waals surface area contributed by atoms with Crippen molar-refractivity contribution in [2.75, 3.05) is 17.2 Å². The summed E-state index contributed by atoms with van der Waals surface area (Å²) in [6.07, 6.45) is 1.47. The van der Waals surface area contributed by atoms with Gasteiger partial charge in [-0.05, 0) is 74.0 Å². The number of hydrogen-bond donors (Lipinski definition) is 3. The van der Waals surface area contributed by atoms with Crippen LogP contribution in [0.4, 0.5) is 16.5 Å². The Morgan fingerprint density at radius 1 is 0.930 bits per heavy atom. The zero-order chi connectivity index (χ0) is 30.2. The molecule has 2 amide bonds. The highest BCUT2D eigenvalue weighted by Crippen LogP contribution is 2.27. The molecule has 10 heteroatoms. The number of ether oxygens (including phenoxy) is 1. The van der Waals surface area contributed by atoms with Crippen LogP contribution in [0, 0.1) is 13.8 Å². The van der Waals surface area contributed by atoms with E-state index >= 15 is 0 Å². The fourth-order valence-electron chi connectivity index (χ4n) is 4.06. The molecule has 8 nitrogen and oxygen atoms in total. The first kappa shape index (κ1) is 29.7. The minimum Gasteiger partial charge on any atom is -0.483 e. The third-order valence-corrected chi connectivity index (χ3v) is 7.50. The van der Waals surface area contributed by atoms with Crippen LogP contribution in [0.15, 0.2) is 106 Å². The highest BCUT2D eigenvalue weighted by atomic mass is 79.9. The first-order valence-electron chi connectivity index (χ1n) is 13.3. The summed E-state index contributed by atoms with van der Waals surface area (Å²) in [4.78, 5) is 29.8. The third-order valence-electron chi connectivity index (χ3n) is 6.25. The first-order valence-corrected chi connectivity index (χ1v) is 15.0. The molecule has 1 heterocycles. The van der Waals surface area contributed by atoms with Gasteiger partial charge in [-0.1, -0.05) is 57.9 Å². The molecule has 0 spiro atoms. The van der Waals surface area contributed by atoms with E-state index in [1.54, 1.807) is 30.3 Å². The zero-order valence-corrected chi connectivity index (χ0v) is 25.8. The number of benzene rings is 4. The molecule has 0 bridgehead atoms. The lowest BCUT2D eigenvalue weighted by Gasteiger charge is -2.10. The average molecular weight is 655 g/mol. The number of nitrogens with zero attached hydrogens (tertiary/aromatic N) is 2. The van der Waals surface area contributed by atoms with Crippen LogP contribution in [0.5, 0.6) is 5.75 Å². The van der Waals surface area contributed by atoms with E-state index in [9.17, 15) is 9.59 Å². The molecule has 43 heavy (non-hydrogen) atoms. The number of rotatable bonds is 10. The first-order chi connectivity index (χ1) is 20.8. The number of nitrogens with one attached hydrogen (secondary N) is 3. The molecule has 0 unspecified atom stereocenters. The van der Waals surface area contributed by atoms with E-state index in [1.165, 1.54) is 23.1 Å². The zero-order valence-electron chi connectivity index (χ0n) is 23.4. The van der Waals surface area contributed by atoms with Crippen LogP contribution in [-0.2, 0) is 4.79 Å². The van der Waals surface area contributed by atoms with Gasteiger partial charge in [-0.3, -0.25) is 9.59 Å². The molecule has 216 valence electrons. The lowest BCUT2D eigenvalue weighted by molar-refractivity contribution is -0.118. The standard InChI is InChI=1S/C33H28BrN5O3S/c1-21-6-13-27(14-7-21)37-33-38-29(20-43-33)23-8-10-24(11-9-23)32(41)39-35-18-25-17-26(34)12-15-30(25)42-19-31(40)36-28-5-3-4-22(2)16-28/h3-18,20H,19H2,1-2H3,(H,36,40)(H,37,38)(H,39,41)/b35-18+. The summed E-state index contributed by atoms with van der Waals surface area (Å²) in [5.74, 6) is -0.202. The second-order valence-corrected chi connectivity index (χ2v) is 11.5. The molecule has 0 fully saturated rings. The number of carbonyl (C=O) groups excluding carboxylic acids is 2. The highest BCUT2D eigenvalue weighted by Gasteiger charge is 2.10. The van der Waals surface area contributed by atoms with Crippen LogP contribution in [0.3, 0.4) is 0 Å². The number of carbonyl (C=O) groups is 2. The summed E-state index contributed by atoms with van der Waals surface area (Å²) < 4.78 is 6.54. The number of aromatic nitrogens is 1. The molecule has 5 aromatic rings. The number of amides is 2. The molecule has 0 atom stereocenters. The summed E-state index contributed by atoms with van der Waals surface area (Å²) in [7, 11) is 0. The monoisotopic (exact) mass is 653 g/mol. The summed E-state index contributed by atoms with van der Waals surface area (Å²) >= 11 is 4.95. The Hall–Kier alpha value is -4.80. The van der Waals surface area contributed by atoms with E-state index in [2.05, 4.69) is 42.1 Å². The Kier molecular flexibility index (Phi) is 9.60. The Balaban J connectivity index is 1.16. The predicted octanol–water partition coefficient (Wildman–Crippen LogP) is 7.71. The fourth-order valence-corrected chi connectivity index (χ4v) is 5.17. The molecule has 0 aliphatic carbocycles. The Bertz CT molecular complexity index is 1770. The van der Waals surface area contributed by atoms with Crippen molar-refractivity contribution in [1.82, 2.24) is 10.4 Å². The smallest absolute Gasteiger partial charge is 0.271 e. The van der Waals surface area contributed by atoms with Crippen molar-refractivity contribution >= 4 is 61.8 Å². The molecule has 0 aliphatic rings. The number of aryl methyl sites for hydroxylation is 2. The summed E-state index contributed by atoms with van der Waals surface area (Å²) in [6, 6.07) is 28.1. The van der Waals surface area contributed by atoms with E-state index in [1.807, 2.05) is 79.9 Å². The number of hydrogen-bond acceptors (Lipinski definition) is 7. The van der Waals surface area contributed by atoms with Gasteiger partial charge in [0.2, 0.25) is 0 Å². The van der Waals surface area contributed by atoms with Crippen molar-refractivity contribution in [2.45, 2.75) is 13.8 Å². The molecular weight excluding hydrogens is 626 g/mol. The number of halogens is 1. The van der Waals surface area contributed by atoms with E-state index in [-0.39, 0.29) is 18.4 Å². The molecule has 4 aromatic carbocycles. The van der Waals surface area contributed by atoms with Gasteiger partial charge in [0.05, 0.1) is 11.9 Å². The van der Waals surface area contributed by atoms with E-state index in [4.69, 9.17) is 4.74 Å². The minimum atomic E-state index is -0.363.